The molecule has 1 saturated heterocycles. The van der Waals surface area contributed by atoms with Crippen LogP contribution in [0.2, 0.25) is 0 Å². The molecule has 0 radical (unpaired) electrons. The monoisotopic (exact) mass is 427 g/mol. The molecule has 2 saturated carbocycles. The van der Waals surface area contributed by atoms with Crippen LogP contribution in [0.25, 0.3) is 0 Å². The molecule has 1 heterocycles. The number of imide groups is 1. The summed E-state index contributed by atoms with van der Waals surface area (Å²) in [6, 6.07) is 7.10. The molecular weight excluding hydrogens is 414 g/mol. The third-order valence-electron chi connectivity index (χ3n) is 5.32. The Bertz CT molecular complexity index is 615. The molecule has 116 valence electrons. The number of benzene rings is 1. The number of nitrogens with zero attached hydrogens (tertiary/aromatic N) is 1. The highest BCUT2D eigenvalue weighted by atomic mass is 79.9. The van der Waals surface area contributed by atoms with Gasteiger partial charge in [-0.15, -0.1) is 0 Å². The molecule has 0 spiro atoms. The summed E-state index contributed by atoms with van der Waals surface area (Å²) in [5.74, 6) is 0.783. The molecular formula is C16H15Br2NO3. The Morgan fingerprint density at radius 3 is 1.95 bits per heavy atom. The zero-order valence-corrected chi connectivity index (χ0v) is 15.1. The summed E-state index contributed by atoms with van der Waals surface area (Å²) in [7, 11) is 1.59. The summed E-state index contributed by atoms with van der Waals surface area (Å²) in [6.45, 7) is 0. The lowest BCUT2D eigenvalue weighted by atomic mass is 9.81. The standard InChI is InChI=1S/C16H15Br2NO3/c1-22-8-4-2-7(3-5-8)19-15(20)11-9-6-10(12(11)16(19)21)14(18)13(9)17/h2-5,9-14H,6H2,1H3/t9-,10-,11-,12+,13-,14+/m1/s1. The second-order valence-corrected chi connectivity index (χ2v) is 8.33. The van der Waals surface area contributed by atoms with Crippen LogP contribution in [-0.2, 0) is 9.59 Å². The molecule has 4 nitrogen and oxygen atoms in total. The van der Waals surface area contributed by atoms with Gasteiger partial charge in [0.1, 0.15) is 5.75 Å². The van der Waals surface area contributed by atoms with Gasteiger partial charge in [-0.1, -0.05) is 31.9 Å². The molecule has 4 rings (SSSR count). The molecule has 2 bridgehead atoms. The lowest BCUT2D eigenvalue weighted by Crippen LogP contribution is -2.37. The maximum Gasteiger partial charge on any atom is 0.238 e. The Morgan fingerprint density at radius 1 is 1.00 bits per heavy atom. The first-order valence-corrected chi connectivity index (χ1v) is 9.17. The van der Waals surface area contributed by atoms with Crippen molar-refractivity contribution in [2.45, 2.75) is 16.1 Å². The van der Waals surface area contributed by atoms with Crippen LogP contribution in [0.4, 0.5) is 5.69 Å². The minimum Gasteiger partial charge on any atom is -0.497 e. The molecule has 1 aromatic rings. The topological polar surface area (TPSA) is 46.6 Å². The summed E-state index contributed by atoms with van der Waals surface area (Å²) in [6.07, 6.45) is 0.953. The highest BCUT2D eigenvalue weighted by Crippen LogP contribution is 2.60. The van der Waals surface area contributed by atoms with Crippen LogP contribution in [0.15, 0.2) is 24.3 Å². The van der Waals surface area contributed by atoms with Gasteiger partial charge in [0.05, 0.1) is 24.6 Å². The van der Waals surface area contributed by atoms with Crippen LogP contribution in [0.3, 0.4) is 0 Å². The Kier molecular flexibility index (Phi) is 3.38. The fourth-order valence-electron chi connectivity index (χ4n) is 4.33. The van der Waals surface area contributed by atoms with Crippen molar-refractivity contribution < 1.29 is 14.3 Å². The molecule has 0 unspecified atom stereocenters. The largest absolute Gasteiger partial charge is 0.497 e. The lowest BCUT2D eigenvalue weighted by molar-refractivity contribution is -0.123. The van der Waals surface area contributed by atoms with E-state index in [1.165, 1.54) is 4.90 Å². The Morgan fingerprint density at radius 2 is 1.50 bits per heavy atom. The molecule has 2 aliphatic carbocycles. The van der Waals surface area contributed by atoms with Crippen LogP contribution in [0, 0.1) is 23.7 Å². The normalized spacial score (nSPS) is 39.5. The number of carbonyl (C=O) groups is 2. The number of carbonyl (C=O) groups excluding carboxylic acids is 2. The van der Waals surface area contributed by atoms with Crippen molar-refractivity contribution in [3.05, 3.63) is 24.3 Å². The van der Waals surface area contributed by atoms with E-state index in [-0.39, 0.29) is 45.1 Å². The fourth-order valence-corrected chi connectivity index (χ4v) is 6.21. The van der Waals surface area contributed by atoms with Crippen molar-refractivity contribution in [1.82, 2.24) is 0 Å². The second-order valence-electron chi connectivity index (χ2n) is 6.21. The van der Waals surface area contributed by atoms with Crippen LogP contribution in [0.1, 0.15) is 6.42 Å². The third-order valence-corrected chi connectivity index (χ3v) is 8.52. The van der Waals surface area contributed by atoms with E-state index in [9.17, 15) is 9.59 Å². The zero-order chi connectivity index (χ0) is 15.6. The number of hydrogen-bond donors (Lipinski definition) is 0. The average molecular weight is 429 g/mol. The predicted molar refractivity (Wildman–Crippen MR) is 89.5 cm³/mol. The van der Waals surface area contributed by atoms with Crippen LogP contribution in [-0.4, -0.2) is 28.6 Å². The summed E-state index contributed by atoms with van der Waals surface area (Å²) in [5, 5.41) is 0. The van der Waals surface area contributed by atoms with E-state index in [1.807, 2.05) is 0 Å². The predicted octanol–water partition coefficient (Wildman–Crippen LogP) is 2.98. The lowest BCUT2D eigenvalue weighted by Gasteiger charge is -2.28. The van der Waals surface area contributed by atoms with Gasteiger partial charge in [0.2, 0.25) is 11.8 Å². The number of amides is 2. The summed E-state index contributed by atoms with van der Waals surface area (Å²) in [4.78, 5) is 27.6. The Hall–Kier alpha value is -0.880. The van der Waals surface area contributed by atoms with Crippen LogP contribution >= 0.6 is 31.9 Å². The molecule has 2 amide bonds. The van der Waals surface area contributed by atoms with Crippen molar-refractivity contribution in [1.29, 1.82) is 0 Å². The van der Waals surface area contributed by atoms with E-state index in [0.29, 0.717) is 11.4 Å². The maximum atomic E-state index is 12.8. The summed E-state index contributed by atoms with van der Waals surface area (Å²) in [5.41, 5.74) is 0.641. The minimum absolute atomic E-state index is 0.0449. The number of fused-ring (bicyclic) bond motifs is 5. The van der Waals surface area contributed by atoms with Gasteiger partial charge in [0.15, 0.2) is 0 Å². The smallest absolute Gasteiger partial charge is 0.238 e. The Balaban J connectivity index is 1.69. The van der Waals surface area contributed by atoms with Gasteiger partial charge >= 0.3 is 0 Å². The summed E-state index contributed by atoms with van der Waals surface area (Å²) < 4.78 is 5.13. The maximum absolute atomic E-state index is 12.8. The van der Waals surface area contributed by atoms with Gasteiger partial charge in [0.25, 0.3) is 0 Å². The van der Waals surface area contributed by atoms with Crippen molar-refractivity contribution in [2.24, 2.45) is 23.7 Å². The van der Waals surface area contributed by atoms with Gasteiger partial charge in [-0.25, -0.2) is 0 Å². The highest BCUT2D eigenvalue weighted by Gasteiger charge is 2.66. The second kappa shape index (κ2) is 5.06. The van der Waals surface area contributed by atoms with E-state index in [2.05, 4.69) is 31.9 Å². The van der Waals surface area contributed by atoms with Crippen molar-refractivity contribution in [2.75, 3.05) is 12.0 Å². The Labute approximate surface area is 145 Å². The van der Waals surface area contributed by atoms with E-state index >= 15 is 0 Å². The van der Waals surface area contributed by atoms with Crippen molar-refractivity contribution in [3.63, 3.8) is 0 Å². The molecule has 6 atom stereocenters. The first-order valence-electron chi connectivity index (χ1n) is 7.34. The van der Waals surface area contributed by atoms with Gasteiger partial charge in [-0.3, -0.25) is 14.5 Å². The molecule has 22 heavy (non-hydrogen) atoms. The molecule has 6 heteroatoms. The number of halogens is 2. The molecule has 1 aliphatic heterocycles. The number of ether oxygens (including phenoxy) is 1. The molecule has 3 aliphatic rings. The highest BCUT2D eigenvalue weighted by molar-refractivity contribution is 9.12. The third kappa shape index (κ3) is 1.80. The van der Waals surface area contributed by atoms with Crippen LogP contribution in [0.5, 0.6) is 5.75 Å². The first-order chi connectivity index (χ1) is 10.5. The molecule has 0 N–H and O–H groups in total. The van der Waals surface area contributed by atoms with Gasteiger partial charge in [0, 0.05) is 9.65 Å². The molecule has 3 fully saturated rings. The number of hydrogen-bond acceptors (Lipinski definition) is 3. The van der Waals surface area contributed by atoms with Gasteiger partial charge < -0.3 is 4.74 Å². The number of methoxy groups -OCH3 is 1. The van der Waals surface area contributed by atoms with E-state index < -0.39 is 0 Å². The van der Waals surface area contributed by atoms with Crippen LogP contribution < -0.4 is 9.64 Å². The van der Waals surface area contributed by atoms with E-state index in [4.69, 9.17) is 4.74 Å². The van der Waals surface area contributed by atoms with Gasteiger partial charge in [-0.05, 0) is 42.5 Å². The van der Waals surface area contributed by atoms with E-state index in [1.54, 1.807) is 31.4 Å². The quantitative estimate of drug-likeness (QED) is 0.537. The molecule has 1 aromatic carbocycles. The number of alkyl halides is 2. The minimum atomic E-state index is -0.169. The van der Waals surface area contributed by atoms with Crippen molar-refractivity contribution >= 4 is 49.4 Å². The van der Waals surface area contributed by atoms with Crippen molar-refractivity contribution in [3.8, 4) is 5.75 Å². The zero-order valence-electron chi connectivity index (χ0n) is 11.9. The number of anilines is 1. The number of rotatable bonds is 2. The molecule has 0 aromatic heterocycles. The van der Waals surface area contributed by atoms with E-state index in [0.717, 1.165) is 6.42 Å². The SMILES string of the molecule is COc1ccc(N2C(=O)[C@@H]3[C@H]4C[C@@H]([C@H](Br)[C@@H]4Br)[C@@H]3C2=O)cc1. The average Bonchev–Trinajstić information content (AvgIpc) is 3.13. The first kappa shape index (κ1) is 14.7. The summed E-state index contributed by atoms with van der Waals surface area (Å²) >= 11 is 7.39. The fraction of sp³-hybridized carbons (Fsp3) is 0.500. The van der Waals surface area contributed by atoms with Gasteiger partial charge in [-0.2, -0.15) is 0 Å².